The van der Waals surface area contributed by atoms with E-state index in [-0.39, 0.29) is 17.1 Å². The predicted molar refractivity (Wildman–Crippen MR) is 69.0 cm³/mol. The molecule has 0 heterocycles. The van der Waals surface area contributed by atoms with Crippen molar-refractivity contribution >= 4 is 5.91 Å². The minimum Gasteiger partial charge on any atom is -0.379 e. The maximum atomic E-state index is 10.7. The first-order valence-corrected chi connectivity index (χ1v) is 6.12. The van der Waals surface area contributed by atoms with Gasteiger partial charge in [-0.15, -0.1) is 0 Å². The van der Waals surface area contributed by atoms with Crippen LogP contribution in [-0.4, -0.2) is 37.4 Å². The maximum absolute atomic E-state index is 10.7. The molecule has 0 aliphatic carbocycles. The molecule has 0 aliphatic heterocycles. The maximum Gasteiger partial charge on any atom is 0.216 e. The van der Waals surface area contributed by atoms with Crippen LogP contribution < -0.4 is 5.32 Å². The first kappa shape index (κ1) is 16.4. The van der Waals surface area contributed by atoms with Crippen LogP contribution in [0.4, 0.5) is 0 Å². The predicted octanol–water partition coefficient (Wildman–Crippen LogP) is 2.12. The van der Waals surface area contributed by atoms with E-state index in [4.69, 9.17) is 9.47 Å². The Bertz CT molecular complexity index is 237. The fraction of sp³-hybridized carbons (Fsp3) is 0.923. The largest absolute Gasteiger partial charge is 0.379 e. The Kier molecular flexibility index (Phi) is 6.72. The van der Waals surface area contributed by atoms with Crippen molar-refractivity contribution in [2.24, 2.45) is 0 Å². The van der Waals surface area contributed by atoms with E-state index in [1.807, 2.05) is 27.7 Å². The summed E-state index contributed by atoms with van der Waals surface area (Å²) in [7, 11) is 1.71. The standard InChI is InChI=1S/C13H27NO3/c1-11(15)14-9-7-13(4,5)17-10-8-12(2,3)16-6/h7-10H2,1-6H3,(H,14,15). The lowest BCUT2D eigenvalue weighted by atomic mass is 10.0. The normalized spacial score (nSPS) is 12.6. The summed E-state index contributed by atoms with van der Waals surface area (Å²) in [4.78, 5) is 10.7. The molecule has 102 valence electrons. The third-order valence-corrected chi connectivity index (χ3v) is 2.85. The molecule has 17 heavy (non-hydrogen) atoms. The summed E-state index contributed by atoms with van der Waals surface area (Å²) in [5.41, 5.74) is -0.361. The molecule has 0 bridgehead atoms. The summed E-state index contributed by atoms with van der Waals surface area (Å²) < 4.78 is 11.1. The highest BCUT2D eigenvalue weighted by atomic mass is 16.5. The summed E-state index contributed by atoms with van der Waals surface area (Å²) in [6, 6.07) is 0. The van der Waals surface area contributed by atoms with E-state index in [1.165, 1.54) is 6.92 Å². The molecule has 0 atom stereocenters. The van der Waals surface area contributed by atoms with Gasteiger partial charge in [0.15, 0.2) is 0 Å². The van der Waals surface area contributed by atoms with Gasteiger partial charge in [-0.05, 0) is 40.5 Å². The van der Waals surface area contributed by atoms with E-state index in [2.05, 4.69) is 5.32 Å². The van der Waals surface area contributed by atoms with Gasteiger partial charge in [0.1, 0.15) is 0 Å². The zero-order valence-electron chi connectivity index (χ0n) is 12.1. The highest BCUT2D eigenvalue weighted by Crippen LogP contribution is 2.18. The fourth-order valence-corrected chi connectivity index (χ4v) is 1.29. The van der Waals surface area contributed by atoms with Gasteiger partial charge in [-0.25, -0.2) is 0 Å². The topological polar surface area (TPSA) is 47.6 Å². The number of methoxy groups -OCH3 is 1. The second-order valence-corrected chi connectivity index (χ2v) is 5.55. The molecular weight excluding hydrogens is 218 g/mol. The Morgan fingerprint density at radius 3 is 2.18 bits per heavy atom. The zero-order valence-corrected chi connectivity index (χ0v) is 12.1. The molecule has 0 saturated carbocycles. The van der Waals surface area contributed by atoms with Crippen LogP contribution in [0.25, 0.3) is 0 Å². The molecule has 1 N–H and O–H groups in total. The molecule has 1 amide bonds. The van der Waals surface area contributed by atoms with Gasteiger partial charge >= 0.3 is 0 Å². The van der Waals surface area contributed by atoms with Crippen LogP contribution >= 0.6 is 0 Å². The Balaban J connectivity index is 3.81. The van der Waals surface area contributed by atoms with Gasteiger partial charge in [-0.3, -0.25) is 4.79 Å². The average Bonchev–Trinajstić information content (AvgIpc) is 2.16. The van der Waals surface area contributed by atoms with Gasteiger partial charge in [-0.2, -0.15) is 0 Å². The van der Waals surface area contributed by atoms with Gasteiger partial charge in [0, 0.05) is 20.6 Å². The second-order valence-electron chi connectivity index (χ2n) is 5.55. The van der Waals surface area contributed by atoms with Crippen LogP contribution in [0, 0.1) is 0 Å². The van der Waals surface area contributed by atoms with Gasteiger partial charge in [0.25, 0.3) is 0 Å². The van der Waals surface area contributed by atoms with E-state index in [0.717, 1.165) is 12.8 Å². The van der Waals surface area contributed by atoms with Crippen LogP contribution in [0.1, 0.15) is 47.5 Å². The van der Waals surface area contributed by atoms with Crippen molar-refractivity contribution in [3.05, 3.63) is 0 Å². The van der Waals surface area contributed by atoms with Gasteiger partial charge < -0.3 is 14.8 Å². The van der Waals surface area contributed by atoms with Crippen molar-refractivity contribution in [2.75, 3.05) is 20.3 Å². The van der Waals surface area contributed by atoms with Crippen LogP contribution in [0.15, 0.2) is 0 Å². The molecule has 0 spiro atoms. The van der Waals surface area contributed by atoms with E-state index in [0.29, 0.717) is 13.2 Å². The second kappa shape index (κ2) is 6.97. The smallest absolute Gasteiger partial charge is 0.216 e. The molecule has 0 fully saturated rings. The van der Waals surface area contributed by atoms with Crippen molar-refractivity contribution in [2.45, 2.75) is 58.7 Å². The van der Waals surface area contributed by atoms with Gasteiger partial charge in [-0.1, -0.05) is 0 Å². The van der Waals surface area contributed by atoms with E-state index in [9.17, 15) is 4.79 Å². The highest BCUT2D eigenvalue weighted by molar-refractivity contribution is 5.72. The monoisotopic (exact) mass is 245 g/mol. The summed E-state index contributed by atoms with van der Waals surface area (Å²) in [6.45, 7) is 11.0. The molecular formula is C13H27NO3. The van der Waals surface area contributed by atoms with E-state index >= 15 is 0 Å². The number of hydrogen-bond acceptors (Lipinski definition) is 3. The molecule has 0 unspecified atom stereocenters. The zero-order chi connectivity index (χ0) is 13.5. The van der Waals surface area contributed by atoms with Crippen LogP contribution in [0.5, 0.6) is 0 Å². The summed E-state index contributed by atoms with van der Waals surface area (Å²) in [6.07, 6.45) is 1.66. The minimum absolute atomic E-state index is 0.00122. The van der Waals surface area contributed by atoms with Crippen LogP contribution in [0.3, 0.4) is 0 Å². The summed E-state index contributed by atoms with van der Waals surface area (Å²) in [5, 5.41) is 2.78. The van der Waals surface area contributed by atoms with Crippen molar-refractivity contribution in [1.82, 2.24) is 5.32 Å². The van der Waals surface area contributed by atoms with Crippen LogP contribution in [0.2, 0.25) is 0 Å². The van der Waals surface area contributed by atoms with E-state index in [1.54, 1.807) is 7.11 Å². The molecule has 0 rings (SSSR count). The van der Waals surface area contributed by atoms with Crippen molar-refractivity contribution in [3.63, 3.8) is 0 Å². The Morgan fingerprint density at radius 1 is 1.12 bits per heavy atom. The third kappa shape index (κ3) is 9.12. The molecule has 0 aliphatic rings. The van der Waals surface area contributed by atoms with Crippen molar-refractivity contribution in [3.8, 4) is 0 Å². The van der Waals surface area contributed by atoms with E-state index < -0.39 is 0 Å². The number of nitrogens with one attached hydrogen (secondary N) is 1. The molecule has 0 aromatic carbocycles. The Hall–Kier alpha value is -0.610. The summed E-state index contributed by atoms with van der Waals surface area (Å²) in [5.74, 6) is 0.00122. The number of amides is 1. The van der Waals surface area contributed by atoms with Gasteiger partial charge in [0.05, 0.1) is 17.8 Å². The fourth-order valence-electron chi connectivity index (χ4n) is 1.29. The number of ether oxygens (including phenoxy) is 2. The Labute approximate surface area is 105 Å². The lowest BCUT2D eigenvalue weighted by Gasteiger charge is -2.28. The molecule has 4 heteroatoms. The molecule has 0 aromatic rings. The van der Waals surface area contributed by atoms with Crippen LogP contribution in [-0.2, 0) is 14.3 Å². The van der Waals surface area contributed by atoms with Gasteiger partial charge in [0.2, 0.25) is 5.91 Å². The molecule has 0 saturated heterocycles. The number of hydrogen-bond donors (Lipinski definition) is 1. The third-order valence-electron chi connectivity index (χ3n) is 2.85. The molecule has 4 nitrogen and oxygen atoms in total. The molecule has 0 aromatic heterocycles. The lowest BCUT2D eigenvalue weighted by Crippen LogP contribution is -2.33. The first-order valence-electron chi connectivity index (χ1n) is 6.12. The number of carbonyl (C=O) groups excluding carboxylic acids is 1. The SMILES string of the molecule is COC(C)(C)CCOC(C)(C)CCNC(C)=O. The minimum atomic E-state index is -0.216. The lowest BCUT2D eigenvalue weighted by molar-refractivity contribution is -0.119. The quantitative estimate of drug-likeness (QED) is 0.712. The first-order chi connectivity index (χ1) is 7.68. The molecule has 0 radical (unpaired) electrons. The summed E-state index contributed by atoms with van der Waals surface area (Å²) >= 11 is 0. The van der Waals surface area contributed by atoms with Crippen molar-refractivity contribution in [1.29, 1.82) is 0 Å². The Morgan fingerprint density at radius 2 is 1.71 bits per heavy atom. The van der Waals surface area contributed by atoms with Crippen molar-refractivity contribution < 1.29 is 14.3 Å². The highest BCUT2D eigenvalue weighted by Gasteiger charge is 2.21. The average molecular weight is 245 g/mol. The number of rotatable bonds is 8. The number of carbonyl (C=O) groups is 1.